The smallest absolute Gasteiger partial charge is 0.338 e. The molecule has 0 aliphatic rings. The number of benzene rings is 2. The van der Waals surface area contributed by atoms with Crippen LogP contribution in [0.15, 0.2) is 54.6 Å². The number of nitrogens with one attached hydrogen (secondary N) is 1. The average molecular weight is 320 g/mol. The largest absolute Gasteiger partial charge is 0.462 e. The maximum Gasteiger partial charge on any atom is 0.338 e. The molecule has 22 heavy (non-hydrogen) atoms. The fourth-order valence-electron chi connectivity index (χ4n) is 2.15. The molecule has 0 fully saturated rings. The zero-order valence-corrected chi connectivity index (χ0v) is 13.7. The van der Waals surface area contributed by atoms with Gasteiger partial charge in [0, 0.05) is 12.6 Å². The lowest BCUT2D eigenvalue weighted by molar-refractivity contribution is 0.0526. The normalized spacial score (nSPS) is 11.4. The molecule has 0 bridgehead atoms. The van der Waals surface area contributed by atoms with E-state index < -0.39 is 0 Å². The molecule has 0 aliphatic carbocycles. The van der Waals surface area contributed by atoms with Gasteiger partial charge in [0.1, 0.15) is 0 Å². The fraction of sp³-hybridized carbons (Fsp3) is 0.278. The molecule has 0 saturated carbocycles. The van der Waals surface area contributed by atoms with Crippen molar-refractivity contribution in [3.05, 3.63) is 71.3 Å². The van der Waals surface area contributed by atoms with E-state index in [4.69, 9.17) is 4.74 Å². The monoisotopic (exact) mass is 319 g/mol. The minimum atomic E-state index is -0.268. The first-order valence-corrected chi connectivity index (χ1v) is 7.25. The molecular weight excluding hydrogens is 298 g/mol. The number of hydrogen-bond acceptors (Lipinski definition) is 3. The second-order valence-corrected chi connectivity index (χ2v) is 4.93. The van der Waals surface area contributed by atoms with Crippen molar-refractivity contribution in [1.29, 1.82) is 0 Å². The Labute approximate surface area is 138 Å². The number of hydrogen-bond donors (Lipinski definition) is 1. The standard InChI is InChI=1S/C18H21NO2.ClH/c1-3-21-18(20)17-11-7-8-15(12-17)13-19-14(2)16-9-5-4-6-10-16;/h4-12,14,19H,3,13H2,1-2H3;1H. The summed E-state index contributed by atoms with van der Waals surface area (Å²) in [5.41, 5.74) is 2.92. The Morgan fingerprint density at radius 3 is 2.55 bits per heavy atom. The minimum Gasteiger partial charge on any atom is -0.462 e. The third-order valence-electron chi connectivity index (χ3n) is 3.35. The molecule has 0 heterocycles. The van der Waals surface area contributed by atoms with Crippen LogP contribution in [0.5, 0.6) is 0 Å². The predicted molar refractivity (Wildman–Crippen MR) is 91.3 cm³/mol. The average Bonchev–Trinajstić information content (AvgIpc) is 2.54. The summed E-state index contributed by atoms with van der Waals surface area (Å²) in [6.45, 7) is 5.05. The molecule has 0 saturated heterocycles. The molecule has 2 aromatic rings. The van der Waals surface area contributed by atoms with Crippen LogP contribution in [0.2, 0.25) is 0 Å². The summed E-state index contributed by atoms with van der Waals surface area (Å²) in [6.07, 6.45) is 0. The van der Waals surface area contributed by atoms with Crippen molar-refractivity contribution in [2.75, 3.05) is 6.61 Å². The van der Waals surface area contributed by atoms with Gasteiger partial charge in [-0.15, -0.1) is 12.4 Å². The van der Waals surface area contributed by atoms with Crippen LogP contribution < -0.4 is 5.32 Å². The van der Waals surface area contributed by atoms with Crippen LogP contribution in [-0.2, 0) is 11.3 Å². The number of rotatable bonds is 6. The summed E-state index contributed by atoms with van der Waals surface area (Å²) < 4.78 is 5.02. The molecule has 1 N–H and O–H groups in total. The Hall–Kier alpha value is -1.84. The van der Waals surface area contributed by atoms with Gasteiger partial charge in [-0.3, -0.25) is 0 Å². The van der Waals surface area contributed by atoms with Crippen molar-refractivity contribution < 1.29 is 9.53 Å². The topological polar surface area (TPSA) is 38.3 Å². The van der Waals surface area contributed by atoms with Gasteiger partial charge in [-0.2, -0.15) is 0 Å². The molecule has 1 atom stereocenters. The Balaban J connectivity index is 0.00000242. The van der Waals surface area contributed by atoms with E-state index in [9.17, 15) is 4.79 Å². The highest BCUT2D eigenvalue weighted by molar-refractivity contribution is 5.89. The molecule has 118 valence electrons. The number of halogens is 1. The van der Waals surface area contributed by atoms with Gasteiger partial charge in [0.2, 0.25) is 0 Å². The van der Waals surface area contributed by atoms with Crippen LogP contribution in [0, 0.1) is 0 Å². The molecule has 0 aromatic heterocycles. The molecule has 2 aromatic carbocycles. The highest BCUT2D eigenvalue weighted by atomic mass is 35.5. The molecular formula is C18H22ClNO2. The van der Waals surface area contributed by atoms with E-state index in [0.29, 0.717) is 18.7 Å². The second-order valence-electron chi connectivity index (χ2n) is 4.93. The van der Waals surface area contributed by atoms with Crippen molar-refractivity contribution in [3.63, 3.8) is 0 Å². The first-order valence-electron chi connectivity index (χ1n) is 7.25. The third-order valence-corrected chi connectivity index (χ3v) is 3.35. The summed E-state index contributed by atoms with van der Waals surface area (Å²) >= 11 is 0. The summed E-state index contributed by atoms with van der Waals surface area (Å²) in [4.78, 5) is 11.7. The van der Waals surface area contributed by atoms with Crippen molar-refractivity contribution >= 4 is 18.4 Å². The predicted octanol–water partition coefficient (Wildman–Crippen LogP) is 4.14. The third kappa shape index (κ3) is 5.17. The van der Waals surface area contributed by atoms with Gasteiger partial charge < -0.3 is 10.1 Å². The van der Waals surface area contributed by atoms with E-state index in [1.807, 2.05) is 43.3 Å². The lowest BCUT2D eigenvalue weighted by Crippen LogP contribution is -2.18. The Bertz CT molecular complexity index is 587. The molecule has 3 nitrogen and oxygen atoms in total. The quantitative estimate of drug-likeness (QED) is 0.813. The zero-order chi connectivity index (χ0) is 15.1. The van der Waals surface area contributed by atoms with Gasteiger partial charge in [0.15, 0.2) is 0 Å². The number of esters is 1. The zero-order valence-electron chi connectivity index (χ0n) is 12.9. The summed E-state index contributed by atoms with van der Waals surface area (Å²) in [5.74, 6) is -0.268. The summed E-state index contributed by atoms with van der Waals surface area (Å²) in [6, 6.07) is 18.1. The number of ether oxygens (including phenoxy) is 1. The Morgan fingerprint density at radius 1 is 1.14 bits per heavy atom. The first-order chi connectivity index (χ1) is 10.2. The molecule has 0 radical (unpaired) electrons. The van der Waals surface area contributed by atoms with Crippen molar-refractivity contribution in [1.82, 2.24) is 5.32 Å². The van der Waals surface area contributed by atoms with Crippen LogP contribution in [-0.4, -0.2) is 12.6 Å². The van der Waals surface area contributed by atoms with Gasteiger partial charge in [-0.1, -0.05) is 42.5 Å². The lowest BCUT2D eigenvalue weighted by atomic mass is 10.1. The second kappa shape index (κ2) is 9.23. The highest BCUT2D eigenvalue weighted by Crippen LogP contribution is 2.13. The van der Waals surface area contributed by atoms with Gasteiger partial charge in [0.25, 0.3) is 0 Å². The van der Waals surface area contributed by atoms with Gasteiger partial charge >= 0.3 is 5.97 Å². The van der Waals surface area contributed by atoms with Gasteiger partial charge in [-0.05, 0) is 37.1 Å². The van der Waals surface area contributed by atoms with E-state index in [1.165, 1.54) is 5.56 Å². The molecule has 0 aliphatic heterocycles. The van der Waals surface area contributed by atoms with Crippen LogP contribution in [0.4, 0.5) is 0 Å². The van der Waals surface area contributed by atoms with E-state index in [2.05, 4.69) is 24.4 Å². The molecule has 0 spiro atoms. The SMILES string of the molecule is CCOC(=O)c1cccc(CNC(C)c2ccccc2)c1.Cl. The van der Waals surface area contributed by atoms with Crippen LogP contribution in [0.3, 0.4) is 0 Å². The highest BCUT2D eigenvalue weighted by Gasteiger charge is 2.08. The number of carbonyl (C=O) groups excluding carboxylic acids is 1. The number of carbonyl (C=O) groups is 1. The fourth-order valence-corrected chi connectivity index (χ4v) is 2.15. The van der Waals surface area contributed by atoms with Gasteiger partial charge in [0.05, 0.1) is 12.2 Å². The minimum absolute atomic E-state index is 0. The summed E-state index contributed by atoms with van der Waals surface area (Å²) in [7, 11) is 0. The lowest BCUT2D eigenvalue weighted by Gasteiger charge is -2.14. The Morgan fingerprint density at radius 2 is 1.86 bits per heavy atom. The first kappa shape index (κ1) is 18.2. The molecule has 1 unspecified atom stereocenters. The van der Waals surface area contributed by atoms with Crippen LogP contribution in [0.25, 0.3) is 0 Å². The van der Waals surface area contributed by atoms with E-state index >= 15 is 0 Å². The molecule has 2 rings (SSSR count). The Kier molecular flexibility index (Phi) is 7.64. The van der Waals surface area contributed by atoms with Crippen molar-refractivity contribution in [2.45, 2.75) is 26.4 Å². The van der Waals surface area contributed by atoms with E-state index in [1.54, 1.807) is 6.07 Å². The van der Waals surface area contributed by atoms with E-state index in [0.717, 1.165) is 5.56 Å². The van der Waals surface area contributed by atoms with E-state index in [-0.39, 0.29) is 24.4 Å². The van der Waals surface area contributed by atoms with Crippen molar-refractivity contribution in [2.24, 2.45) is 0 Å². The van der Waals surface area contributed by atoms with Crippen LogP contribution >= 0.6 is 12.4 Å². The van der Waals surface area contributed by atoms with Crippen LogP contribution in [0.1, 0.15) is 41.4 Å². The maximum absolute atomic E-state index is 11.7. The maximum atomic E-state index is 11.7. The van der Waals surface area contributed by atoms with Crippen molar-refractivity contribution in [3.8, 4) is 0 Å². The summed E-state index contributed by atoms with van der Waals surface area (Å²) in [5, 5.41) is 3.46. The molecule has 0 amide bonds. The molecule has 4 heteroatoms. The van der Waals surface area contributed by atoms with Gasteiger partial charge in [-0.25, -0.2) is 4.79 Å².